The molecular weight excluding hydrogens is 156 g/mol. The van der Waals surface area contributed by atoms with Crippen molar-refractivity contribution in [2.24, 2.45) is 5.84 Å². The van der Waals surface area contributed by atoms with Crippen molar-refractivity contribution in [3.63, 3.8) is 0 Å². The lowest BCUT2D eigenvalue weighted by atomic mass is 10.2. The van der Waals surface area contributed by atoms with Gasteiger partial charge in [-0.1, -0.05) is 12.1 Å². The topological polar surface area (TPSA) is 64.3 Å². The van der Waals surface area contributed by atoms with Crippen LogP contribution in [-0.4, -0.2) is 6.47 Å². The fourth-order valence-corrected chi connectivity index (χ4v) is 0.902. The van der Waals surface area contributed by atoms with Crippen LogP contribution in [-0.2, 0) is 11.3 Å². The zero-order valence-corrected chi connectivity index (χ0v) is 6.49. The van der Waals surface area contributed by atoms with Gasteiger partial charge in [0.2, 0.25) is 0 Å². The van der Waals surface area contributed by atoms with E-state index in [0.29, 0.717) is 18.8 Å². The summed E-state index contributed by atoms with van der Waals surface area (Å²) in [7, 11) is 0. The second kappa shape index (κ2) is 4.48. The van der Waals surface area contributed by atoms with Crippen molar-refractivity contribution >= 4 is 6.47 Å². The molecule has 1 aromatic carbocycles. The van der Waals surface area contributed by atoms with Gasteiger partial charge in [-0.3, -0.25) is 16.1 Å². The van der Waals surface area contributed by atoms with Crippen LogP contribution in [0.15, 0.2) is 24.3 Å². The van der Waals surface area contributed by atoms with Crippen LogP contribution in [0.25, 0.3) is 0 Å². The van der Waals surface area contributed by atoms with Gasteiger partial charge in [-0.05, 0) is 17.7 Å². The summed E-state index contributed by atoms with van der Waals surface area (Å²) in [5.41, 5.74) is 3.48. The summed E-state index contributed by atoms with van der Waals surface area (Å²) in [6, 6.07) is 7.13. The highest BCUT2D eigenvalue weighted by molar-refractivity contribution is 5.45. The van der Waals surface area contributed by atoms with Crippen molar-refractivity contribution < 1.29 is 9.53 Å². The third-order valence-electron chi connectivity index (χ3n) is 1.39. The molecule has 0 fully saturated rings. The van der Waals surface area contributed by atoms with Crippen LogP contribution in [0, 0.1) is 0 Å². The normalized spacial score (nSPS) is 9.42. The number of carbonyl (C=O) groups is 1. The summed E-state index contributed by atoms with van der Waals surface area (Å²) in [5, 5.41) is 0. The minimum absolute atomic E-state index is 0.398. The molecule has 1 aromatic rings. The molecule has 12 heavy (non-hydrogen) atoms. The molecule has 0 atom stereocenters. The Labute approximate surface area is 70.3 Å². The highest BCUT2D eigenvalue weighted by atomic mass is 16.5. The zero-order valence-electron chi connectivity index (χ0n) is 6.49. The number of nitrogens with one attached hydrogen (secondary N) is 1. The molecule has 0 saturated heterocycles. The van der Waals surface area contributed by atoms with Crippen LogP contribution in [0.3, 0.4) is 0 Å². The Morgan fingerprint density at radius 1 is 1.58 bits per heavy atom. The Morgan fingerprint density at radius 2 is 2.42 bits per heavy atom. The van der Waals surface area contributed by atoms with Crippen molar-refractivity contribution in [3.05, 3.63) is 29.8 Å². The van der Waals surface area contributed by atoms with E-state index in [1.807, 2.05) is 6.07 Å². The smallest absolute Gasteiger partial charge is 0.298 e. The van der Waals surface area contributed by atoms with Gasteiger partial charge in [0.25, 0.3) is 6.47 Å². The predicted octanol–water partition coefficient (Wildman–Crippen LogP) is 0.185. The molecule has 0 aliphatic rings. The van der Waals surface area contributed by atoms with Gasteiger partial charge in [-0.2, -0.15) is 0 Å². The maximum absolute atomic E-state index is 9.98. The third-order valence-corrected chi connectivity index (χ3v) is 1.39. The summed E-state index contributed by atoms with van der Waals surface area (Å²) in [6.45, 7) is 0.949. The molecule has 0 heterocycles. The van der Waals surface area contributed by atoms with Crippen LogP contribution in [0.4, 0.5) is 0 Å². The SMILES string of the molecule is NNCc1cccc(OC=O)c1. The quantitative estimate of drug-likeness (QED) is 0.380. The minimum atomic E-state index is 0.398. The Balaban J connectivity index is 2.73. The number of hydrazine groups is 1. The fourth-order valence-electron chi connectivity index (χ4n) is 0.902. The zero-order chi connectivity index (χ0) is 8.81. The molecule has 1 rings (SSSR count). The number of hydrogen-bond acceptors (Lipinski definition) is 4. The van der Waals surface area contributed by atoms with Gasteiger partial charge in [-0.15, -0.1) is 0 Å². The number of rotatable bonds is 4. The highest BCUT2D eigenvalue weighted by Crippen LogP contribution is 2.11. The van der Waals surface area contributed by atoms with Crippen LogP contribution < -0.4 is 16.0 Å². The first-order valence-corrected chi connectivity index (χ1v) is 3.49. The Morgan fingerprint density at radius 3 is 3.08 bits per heavy atom. The first-order valence-electron chi connectivity index (χ1n) is 3.49. The lowest BCUT2D eigenvalue weighted by Crippen LogP contribution is -2.20. The van der Waals surface area contributed by atoms with Gasteiger partial charge in [0, 0.05) is 6.54 Å². The number of ether oxygens (including phenoxy) is 1. The molecule has 0 aromatic heterocycles. The van der Waals surface area contributed by atoms with Crippen LogP contribution in [0.1, 0.15) is 5.56 Å². The van der Waals surface area contributed by atoms with E-state index in [2.05, 4.69) is 10.2 Å². The van der Waals surface area contributed by atoms with E-state index in [-0.39, 0.29) is 0 Å². The summed E-state index contributed by atoms with van der Waals surface area (Å²) >= 11 is 0. The molecule has 3 N–H and O–H groups in total. The molecule has 0 unspecified atom stereocenters. The van der Waals surface area contributed by atoms with E-state index in [4.69, 9.17) is 5.84 Å². The number of hydrogen-bond donors (Lipinski definition) is 2. The first-order chi connectivity index (χ1) is 5.86. The maximum Gasteiger partial charge on any atom is 0.298 e. The summed E-state index contributed by atoms with van der Waals surface area (Å²) in [5.74, 6) is 5.65. The molecule has 64 valence electrons. The van der Waals surface area contributed by atoms with Gasteiger partial charge in [0.1, 0.15) is 5.75 Å². The molecule has 4 nitrogen and oxygen atoms in total. The molecule has 0 amide bonds. The summed E-state index contributed by atoms with van der Waals surface area (Å²) in [4.78, 5) is 9.98. The minimum Gasteiger partial charge on any atom is -0.429 e. The van der Waals surface area contributed by atoms with Crippen LogP contribution >= 0.6 is 0 Å². The van der Waals surface area contributed by atoms with Crippen molar-refractivity contribution in [3.8, 4) is 5.75 Å². The first kappa shape index (κ1) is 8.70. The van der Waals surface area contributed by atoms with Gasteiger partial charge in [0.15, 0.2) is 0 Å². The average molecular weight is 166 g/mol. The fraction of sp³-hybridized carbons (Fsp3) is 0.125. The molecule has 0 aliphatic heterocycles. The molecular formula is C8H10N2O2. The van der Waals surface area contributed by atoms with E-state index >= 15 is 0 Å². The van der Waals surface area contributed by atoms with E-state index in [9.17, 15) is 4.79 Å². The van der Waals surface area contributed by atoms with E-state index in [0.717, 1.165) is 5.56 Å². The second-order valence-corrected chi connectivity index (χ2v) is 2.24. The van der Waals surface area contributed by atoms with Gasteiger partial charge in [0.05, 0.1) is 0 Å². The van der Waals surface area contributed by atoms with Crippen LogP contribution in [0.2, 0.25) is 0 Å². The number of benzene rings is 1. The molecule has 0 saturated carbocycles. The molecule has 0 spiro atoms. The lowest BCUT2D eigenvalue weighted by Gasteiger charge is -2.01. The Hall–Kier alpha value is -1.39. The van der Waals surface area contributed by atoms with E-state index in [1.165, 1.54) is 0 Å². The van der Waals surface area contributed by atoms with Crippen molar-refractivity contribution in [2.45, 2.75) is 6.54 Å². The average Bonchev–Trinajstić information content (AvgIpc) is 2.06. The lowest BCUT2D eigenvalue weighted by molar-refractivity contribution is -0.120. The molecule has 0 bridgehead atoms. The van der Waals surface area contributed by atoms with Crippen molar-refractivity contribution in [1.29, 1.82) is 0 Å². The second-order valence-electron chi connectivity index (χ2n) is 2.24. The molecule has 0 radical (unpaired) electrons. The standard InChI is InChI=1S/C8H10N2O2/c9-10-5-7-2-1-3-8(4-7)12-6-11/h1-4,6,10H,5,9H2. The monoisotopic (exact) mass is 166 g/mol. The van der Waals surface area contributed by atoms with E-state index < -0.39 is 0 Å². The van der Waals surface area contributed by atoms with Gasteiger partial charge in [-0.25, -0.2) is 0 Å². The largest absolute Gasteiger partial charge is 0.429 e. The van der Waals surface area contributed by atoms with Crippen LogP contribution in [0.5, 0.6) is 5.75 Å². The predicted molar refractivity (Wildman–Crippen MR) is 44.2 cm³/mol. The maximum atomic E-state index is 9.98. The summed E-state index contributed by atoms with van der Waals surface area (Å²) in [6.07, 6.45) is 0. The Bertz CT molecular complexity index is 263. The number of nitrogens with two attached hydrogens (primary N) is 1. The van der Waals surface area contributed by atoms with E-state index in [1.54, 1.807) is 18.2 Å². The summed E-state index contributed by atoms with van der Waals surface area (Å²) < 4.78 is 4.64. The third kappa shape index (κ3) is 2.34. The van der Waals surface area contributed by atoms with Gasteiger partial charge < -0.3 is 4.74 Å². The Kier molecular flexibility index (Phi) is 3.25. The molecule has 0 aliphatic carbocycles. The molecule has 4 heteroatoms. The van der Waals surface area contributed by atoms with Crippen molar-refractivity contribution in [1.82, 2.24) is 5.43 Å². The number of carbonyl (C=O) groups excluding carboxylic acids is 1. The van der Waals surface area contributed by atoms with Crippen molar-refractivity contribution in [2.75, 3.05) is 0 Å². The van der Waals surface area contributed by atoms with Gasteiger partial charge >= 0.3 is 0 Å². The highest BCUT2D eigenvalue weighted by Gasteiger charge is 1.94.